The van der Waals surface area contributed by atoms with E-state index in [-0.39, 0.29) is 0 Å². The predicted molar refractivity (Wildman–Crippen MR) is 50.6 cm³/mol. The van der Waals surface area contributed by atoms with Gasteiger partial charge in [0.2, 0.25) is 0 Å². The van der Waals surface area contributed by atoms with Gasteiger partial charge in [-0.25, -0.2) is 0 Å². The first-order valence-corrected chi connectivity index (χ1v) is 4.69. The van der Waals surface area contributed by atoms with E-state index in [0.29, 0.717) is 0 Å². The Bertz CT molecular complexity index is 321. The Kier molecular flexibility index (Phi) is 1.20. The maximum Gasteiger partial charge on any atom is -0.0193 e. The minimum atomic E-state index is 0.945. The summed E-state index contributed by atoms with van der Waals surface area (Å²) < 4.78 is 0. The SMILES string of the molecule is C1=C(c2ccccc2)CC2CC12. The second-order valence-corrected chi connectivity index (χ2v) is 3.92. The standard InChI is InChI=1S/C12H12/c1-2-4-9(5-3-1)10-6-11-8-12(11)7-10/h1-6,11-12H,7-8H2. The first-order valence-electron chi connectivity index (χ1n) is 4.69. The lowest BCUT2D eigenvalue weighted by atomic mass is 10.0. The zero-order chi connectivity index (χ0) is 7.97. The van der Waals surface area contributed by atoms with Crippen molar-refractivity contribution < 1.29 is 0 Å². The van der Waals surface area contributed by atoms with Gasteiger partial charge in [-0.3, -0.25) is 0 Å². The van der Waals surface area contributed by atoms with Crippen molar-refractivity contribution in [2.75, 3.05) is 0 Å². The first-order chi connectivity index (χ1) is 5.93. The van der Waals surface area contributed by atoms with E-state index in [4.69, 9.17) is 0 Å². The lowest BCUT2D eigenvalue weighted by Crippen LogP contribution is -1.81. The van der Waals surface area contributed by atoms with Crippen molar-refractivity contribution >= 4 is 5.57 Å². The molecule has 0 amide bonds. The number of fused-ring (bicyclic) bond motifs is 1. The largest absolute Gasteiger partial charge is 0.0773 e. The number of rotatable bonds is 1. The van der Waals surface area contributed by atoms with Crippen molar-refractivity contribution in [1.29, 1.82) is 0 Å². The molecule has 0 nitrogen and oxygen atoms in total. The van der Waals surface area contributed by atoms with Gasteiger partial charge >= 0.3 is 0 Å². The van der Waals surface area contributed by atoms with E-state index in [1.165, 1.54) is 18.4 Å². The molecule has 0 heteroatoms. The predicted octanol–water partition coefficient (Wildman–Crippen LogP) is 3.11. The van der Waals surface area contributed by atoms with Gasteiger partial charge in [0.15, 0.2) is 0 Å². The van der Waals surface area contributed by atoms with E-state index in [1.54, 1.807) is 5.57 Å². The number of hydrogen-bond acceptors (Lipinski definition) is 0. The molecule has 1 saturated carbocycles. The number of hydrogen-bond donors (Lipinski definition) is 0. The third-order valence-electron chi connectivity index (χ3n) is 3.02. The average Bonchev–Trinajstić information content (AvgIpc) is 2.75. The van der Waals surface area contributed by atoms with Gasteiger partial charge in [-0.15, -0.1) is 0 Å². The smallest absolute Gasteiger partial charge is 0.0193 e. The fourth-order valence-electron chi connectivity index (χ4n) is 2.19. The molecule has 1 aromatic carbocycles. The van der Waals surface area contributed by atoms with Crippen molar-refractivity contribution in [2.45, 2.75) is 12.8 Å². The molecule has 2 unspecified atom stereocenters. The Morgan fingerprint density at radius 3 is 2.58 bits per heavy atom. The zero-order valence-electron chi connectivity index (χ0n) is 7.03. The molecule has 0 spiro atoms. The summed E-state index contributed by atoms with van der Waals surface area (Å²) in [4.78, 5) is 0. The Labute approximate surface area is 72.9 Å². The van der Waals surface area contributed by atoms with Crippen molar-refractivity contribution in [3.8, 4) is 0 Å². The Hall–Kier alpha value is -1.04. The van der Waals surface area contributed by atoms with Gasteiger partial charge in [-0.05, 0) is 35.8 Å². The lowest BCUT2D eigenvalue weighted by molar-refractivity contribution is 0.862. The van der Waals surface area contributed by atoms with Crippen LogP contribution in [-0.2, 0) is 0 Å². The summed E-state index contributed by atoms with van der Waals surface area (Å²) in [6, 6.07) is 10.8. The highest BCUT2D eigenvalue weighted by atomic mass is 14.4. The van der Waals surface area contributed by atoms with E-state index in [0.717, 1.165) is 11.8 Å². The van der Waals surface area contributed by atoms with Crippen LogP contribution in [0.2, 0.25) is 0 Å². The van der Waals surface area contributed by atoms with Gasteiger partial charge in [0, 0.05) is 0 Å². The van der Waals surface area contributed by atoms with Gasteiger partial charge in [-0.1, -0.05) is 36.4 Å². The van der Waals surface area contributed by atoms with Crippen LogP contribution in [0.3, 0.4) is 0 Å². The normalized spacial score (nSPS) is 31.2. The van der Waals surface area contributed by atoms with Gasteiger partial charge in [0.25, 0.3) is 0 Å². The lowest BCUT2D eigenvalue weighted by Gasteiger charge is -2.02. The monoisotopic (exact) mass is 156 g/mol. The van der Waals surface area contributed by atoms with Gasteiger partial charge < -0.3 is 0 Å². The van der Waals surface area contributed by atoms with Crippen LogP contribution in [0.5, 0.6) is 0 Å². The van der Waals surface area contributed by atoms with Crippen molar-refractivity contribution in [3.05, 3.63) is 42.0 Å². The molecule has 0 saturated heterocycles. The molecule has 0 bridgehead atoms. The molecule has 0 aromatic heterocycles. The van der Waals surface area contributed by atoms with Crippen LogP contribution in [0.15, 0.2) is 36.4 Å². The molecular weight excluding hydrogens is 144 g/mol. The molecule has 1 fully saturated rings. The summed E-state index contributed by atoms with van der Waals surface area (Å²) in [5.74, 6) is 1.96. The highest BCUT2D eigenvalue weighted by Crippen LogP contribution is 2.52. The average molecular weight is 156 g/mol. The Balaban J connectivity index is 1.95. The third kappa shape index (κ3) is 0.911. The van der Waals surface area contributed by atoms with E-state index in [9.17, 15) is 0 Å². The quantitative estimate of drug-likeness (QED) is 0.586. The minimum absolute atomic E-state index is 0.945. The van der Waals surface area contributed by atoms with Crippen molar-refractivity contribution in [2.24, 2.45) is 11.8 Å². The van der Waals surface area contributed by atoms with Crippen molar-refractivity contribution in [1.82, 2.24) is 0 Å². The zero-order valence-corrected chi connectivity index (χ0v) is 7.03. The summed E-state index contributed by atoms with van der Waals surface area (Å²) in [6.07, 6.45) is 5.25. The van der Waals surface area contributed by atoms with Crippen LogP contribution >= 0.6 is 0 Å². The topological polar surface area (TPSA) is 0 Å². The molecular formula is C12H12. The maximum absolute atomic E-state index is 2.47. The highest BCUT2D eigenvalue weighted by molar-refractivity contribution is 5.69. The molecule has 0 radical (unpaired) electrons. The van der Waals surface area contributed by atoms with Crippen LogP contribution in [0, 0.1) is 11.8 Å². The van der Waals surface area contributed by atoms with Crippen LogP contribution in [0.25, 0.3) is 5.57 Å². The summed E-state index contributed by atoms with van der Waals surface area (Å²) in [5.41, 5.74) is 3.02. The summed E-state index contributed by atoms with van der Waals surface area (Å²) in [6.45, 7) is 0. The van der Waals surface area contributed by atoms with Gasteiger partial charge in [0.1, 0.15) is 0 Å². The van der Waals surface area contributed by atoms with Gasteiger partial charge in [-0.2, -0.15) is 0 Å². The maximum atomic E-state index is 2.47. The Morgan fingerprint density at radius 1 is 1.08 bits per heavy atom. The molecule has 0 heterocycles. The summed E-state index contributed by atoms with van der Waals surface area (Å²) >= 11 is 0. The minimum Gasteiger partial charge on any atom is -0.0773 e. The third-order valence-corrected chi connectivity index (χ3v) is 3.02. The van der Waals surface area contributed by atoms with E-state index in [2.05, 4.69) is 36.4 Å². The van der Waals surface area contributed by atoms with E-state index in [1.807, 2.05) is 0 Å². The molecule has 2 atom stereocenters. The summed E-state index contributed by atoms with van der Waals surface area (Å²) in [7, 11) is 0. The molecule has 2 aliphatic rings. The van der Waals surface area contributed by atoms with Gasteiger partial charge in [0.05, 0.1) is 0 Å². The fourth-order valence-corrected chi connectivity index (χ4v) is 2.19. The number of benzene rings is 1. The van der Waals surface area contributed by atoms with Crippen molar-refractivity contribution in [3.63, 3.8) is 0 Å². The first kappa shape index (κ1) is 6.47. The molecule has 12 heavy (non-hydrogen) atoms. The second kappa shape index (κ2) is 2.22. The second-order valence-electron chi connectivity index (χ2n) is 3.92. The molecule has 60 valence electrons. The molecule has 2 aliphatic carbocycles. The number of allylic oxidation sites excluding steroid dienone is 2. The molecule has 3 rings (SSSR count). The Morgan fingerprint density at radius 2 is 1.92 bits per heavy atom. The molecule has 0 N–H and O–H groups in total. The molecule has 0 aliphatic heterocycles. The molecule has 1 aromatic rings. The van der Waals surface area contributed by atoms with Crippen LogP contribution in [0.1, 0.15) is 18.4 Å². The van der Waals surface area contributed by atoms with E-state index >= 15 is 0 Å². The van der Waals surface area contributed by atoms with Crippen LogP contribution < -0.4 is 0 Å². The van der Waals surface area contributed by atoms with Crippen LogP contribution in [0.4, 0.5) is 0 Å². The highest BCUT2D eigenvalue weighted by Gasteiger charge is 2.40. The fraction of sp³-hybridized carbons (Fsp3) is 0.333. The van der Waals surface area contributed by atoms with Crippen LogP contribution in [-0.4, -0.2) is 0 Å². The van der Waals surface area contributed by atoms with E-state index < -0.39 is 0 Å². The summed E-state index contributed by atoms with van der Waals surface area (Å²) in [5, 5.41) is 0.